The number of nitrogens with zero attached hydrogens (tertiary/aromatic N) is 2. The van der Waals surface area contributed by atoms with Crippen LogP contribution < -0.4 is 10.2 Å². The third-order valence-electron chi connectivity index (χ3n) is 3.48. The summed E-state index contributed by atoms with van der Waals surface area (Å²) < 4.78 is 14.4. The molecule has 0 amide bonds. The van der Waals surface area contributed by atoms with Gasteiger partial charge in [-0.15, -0.1) is 0 Å². The minimum atomic E-state index is -0.234. The van der Waals surface area contributed by atoms with Gasteiger partial charge in [0.25, 0.3) is 0 Å². The zero-order valence-electron chi connectivity index (χ0n) is 8.79. The number of anilines is 1. The van der Waals surface area contributed by atoms with Crippen LogP contribution in [-0.4, -0.2) is 31.2 Å². The summed E-state index contributed by atoms with van der Waals surface area (Å²) in [6.07, 6.45) is 1.66. The molecule has 86 valence electrons. The van der Waals surface area contributed by atoms with Gasteiger partial charge in [-0.25, -0.2) is 9.37 Å². The highest BCUT2D eigenvalue weighted by atomic mass is 79.9. The first kappa shape index (κ1) is 10.5. The molecule has 5 heteroatoms. The van der Waals surface area contributed by atoms with Crippen LogP contribution in [0.15, 0.2) is 16.7 Å². The van der Waals surface area contributed by atoms with Crippen LogP contribution in [0.3, 0.4) is 0 Å². The predicted octanol–water partition coefficient (Wildman–Crippen LogP) is 1.64. The Labute approximate surface area is 102 Å². The molecule has 3 heterocycles. The number of pyridine rings is 1. The Bertz CT molecular complexity index is 400. The normalized spacial score (nSPS) is 28.5. The molecule has 2 aliphatic heterocycles. The van der Waals surface area contributed by atoms with E-state index in [2.05, 4.69) is 31.1 Å². The number of fused-ring (bicyclic) bond motifs is 1. The van der Waals surface area contributed by atoms with E-state index in [1.807, 2.05) is 0 Å². The number of nitrogens with one attached hydrogen (secondary N) is 1. The van der Waals surface area contributed by atoms with Gasteiger partial charge >= 0.3 is 0 Å². The second-order valence-corrected chi connectivity index (χ2v) is 5.46. The Morgan fingerprint density at radius 1 is 1.38 bits per heavy atom. The smallest absolute Gasteiger partial charge is 0.166 e. The van der Waals surface area contributed by atoms with Crippen molar-refractivity contribution in [2.45, 2.75) is 0 Å². The van der Waals surface area contributed by atoms with Crippen molar-refractivity contribution in [3.8, 4) is 0 Å². The molecule has 0 aliphatic carbocycles. The lowest BCUT2D eigenvalue weighted by Gasteiger charge is -2.18. The highest BCUT2D eigenvalue weighted by Gasteiger charge is 2.37. The van der Waals surface area contributed by atoms with E-state index in [4.69, 9.17) is 0 Å². The minimum Gasteiger partial charge on any atom is -0.354 e. The van der Waals surface area contributed by atoms with Gasteiger partial charge < -0.3 is 10.2 Å². The topological polar surface area (TPSA) is 28.2 Å². The highest BCUT2D eigenvalue weighted by Crippen LogP contribution is 2.31. The molecule has 0 aromatic carbocycles. The average molecular weight is 286 g/mol. The number of hydrogen-bond acceptors (Lipinski definition) is 3. The van der Waals surface area contributed by atoms with E-state index < -0.39 is 0 Å². The van der Waals surface area contributed by atoms with Gasteiger partial charge in [-0.05, 0) is 33.8 Å². The standard InChI is InChI=1S/C11H13BrFN3/c12-9-1-10(13)11(15-4-9)16-5-7-2-14-3-8(7)6-16/h1,4,7-8,14H,2-3,5-6H2. The van der Waals surface area contributed by atoms with Crippen molar-refractivity contribution in [2.24, 2.45) is 11.8 Å². The fraction of sp³-hybridized carbons (Fsp3) is 0.545. The highest BCUT2D eigenvalue weighted by molar-refractivity contribution is 9.10. The molecular weight excluding hydrogens is 273 g/mol. The second kappa shape index (κ2) is 3.96. The molecule has 0 radical (unpaired) electrons. The van der Waals surface area contributed by atoms with E-state index in [-0.39, 0.29) is 5.82 Å². The molecule has 1 aromatic rings. The van der Waals surface area contributed by atoms with Crippen molar-refractivity contribution in [2.75, 3.05) is 31.1 Å². The van der Waals surface area contributed by atoms with Crippen molar-refractivity contribution in [3.63, 3.8) is 0 Å². The molecule has 1 N–H and O–H groups in total. The van der Waals surface area contributed by atoms with Crippen LogP contribution in [0.5, 0.6) is 0 Å². The van der Waals surface area contributed by atoms with E-state index in [1.54, 1.807) is 6.20 Å². The molecule has 2 fully saturated rings. The summed E-state index contributed by atoms with van der Waals surface area (Å²) >= 11 is 3.22. The largest absolute Gasteiger partial charge is 0.354 e. The predicted molar refractivity (Wildman–Crippen MR) is 64.0 cm³/mol. The molecule has 0 saturated carbocycles. The first-order valence-corrected chi connectivity index (χ1v) is 6.30. The van der Waals surface area contributed by atoms with Gasteiger partial charge in [0.2, 0.25) is 0 Å². The van der Waals surface area contributed by atoms with Crippen LogP contribution in [0.4, 0.5) is 10.2 Å². The molecule has 16 heavy (non-hydrogen) atoms. The summed E-state index contributed by atoms with van der Waals surface area (Å²) in [5.74, 6) is 1.58. The van der Waals surface area contributed by atoms with Crippen molar-refractivity contribution in [1.82, 2.24) is 10.3 Å². The maximum atomic E-state index is 13.7. The van der Waals surface area contributed by atoms with Gasteiger partial charge in [-0.1, -0.05) is 0 Å². The van der Waals surface area contributed by atoms with Crippen molar-refractivity contribution >= 4 is 21.7 Å². The molecule has 2 unspecified atom stereocenters. The van der Waals surface area contributed by atoms with Crippen LogP contribution in [-0.2, 0) is 0 Å². The van der Waals surface area contributed by atoms with Crippen molar-refractivity contribution in [1.29, 1.82) is 0 Å². The van der Waals surface area contributed by atoms with Gasteiger partial charge in [-0.3, -0.25) is 0 Å². The van der Waals surface area contributed by atoms with Crippen molar-refractivity contribution in [3.05, 3.63) is 22.6 Å². The van der Waals surface area contributed by atoms with Crippen molar-refractivity contribution < 1.29 is 4.39 Å². The van der Waals surface area contributed by atoms with Gasteiger partial charge in [-0.2, -0.15) is 0 Å². The number of halogens is 2. The second-order valence-electron chi connectivity index (χ2n) is 4.54. The Morgan fingerprint density at radius 2 is 2.06 bits per heavy atom. The third kappa shape index (κ3) is 1.72. The lowest BCUT2D eigenvalue weighted by molar-refractivity contribution is 0.533. The van der Waals surface area contributed by atoms with Gasteiger partial charge in [0, 0.05) is 36.8 Å². The van der Waals surface area contributed by atoms with Crippen LogP contribution in [0.25, 0.3) is 0 Å². The Hall–Kier alpha value is -0.680. The lowest BCUT2D eigenvalue weighted by Crippen LogP contribution is -2.26. The zero-order chi connectivity index (χ0) is 11.1. The number of aromatic nitrogens is 1. The summed E-state index contributed by atoms with van der Waals surface area (Å²) in [7, 11) is 0. The Balaban J connectivity index is 1.83. The summed E-state index contributed by atoms with van der Waals surface area (Å²) in [5, 5.41) is 3.37. The fourth-order valence-corrected chi connectivity index (χ4v) is 2.97. The summed E-state index contributed by atoms with van der Waals surface area (Å²) in [5.41, 5.74) is 0. The molecule has 2 saturated heterocycles. The Kier molecular flexibility index (Phi) is 2.59. The van der Waals surface area contributed by atoms with E-state index in [1.165, 1.54) is 6.07 Å². The third-order valence-corrected chi connectivity index (χ3v) is 3.91. The monoisotopic (exact) mass is 285 g/mol. The number of hydrogen-bond donors (Lipinski definition) is 1. The molecule has 1 aromatic heterocycles. The fourth-order valence-electron chi connectivity index (χ4n) is 2.67. The van der Waals surface area contributed by atoms with E-state index in [0.717, 1.165) is 26.2 Å². The first-order valence-electron chi connectivity index (χ1n) is 5.51. The molecule has 2 atom stereocenters. The molecule has 3 nitrogen and oxygen atoms in total. The molecule has 0 bridgehead atoms. The molecule has 2 aliphatic rings. The lowest BCUT2D eigenvalue weighted by atomic mass is 10.0. The zero-order valence-corrected chi connectivity index (χ0v) is 10.4. The van der Waals surface area contributed by atoms with E-state index in [9.17, 15) is 4.39 Å². The average Bonchev–Trinajstić information content (AvgIpc) is 2.76. The minimum absolute atomic E-state index is 0.234. The van der Waals surface area contributed by atoms with E-state index >= 15 is 0 Å². The first-order chi connectivity index (χ1) is 7.74. The Morgan fingerprint density at radius 3 is 2.69 bits per heavy atom. The summed E-state index contributed by atoms with van der Waals surface area (Å²) in [4.78, 5) is 6.24. The number of rotatable bonds is 1. The van der Waals surface area contributed by atoms with Gasteiger partial charge in [0.1, 0.15) is 0 Å². The van der Waals surface area contributed by atoms with Crippen LogP contribution in [0, 0.1) is 17.7 Å². The van der Waals surface area contributed by atoms with Gasteiger partial charge in [0.05, 0.1) is 0 Å². The summed E-state index contributed by atoms with van der Waals surface area (Å²) in [6, 6.07) is 1.48. The maximum Gasteiger partial charge on any atom is 0.166 e. The SMILES string of the molecule is Fc1cc(Br)cnc1N1CC2CNCC2C1. The summed E-state index contributed by atoms with van der Waals surface area (Å²) in [6.45, 7) is 3.95. The quantitative estimate of drug-likeness (QED) is 0.850. The molecule has 0 spiro atoms. The molecular formula is C11H13BrFN3. The van der Waals surface area contributed by atoms with Gasteiger partial charge in [0.15, 0.2) is 11.6 Å². The van der Waals surface area contributed by atoms with E-state index in [0.29, 0.717) is 22.1 Å². The van der Waals surface area contributed by atoms with Crippen LogP contribution in [0.2, 0.25) is 0 Å². The van der Waals surface area contributed by atoms with Crippen LogP contribution >= 0.6 is 15.9 Å². The van der Waals surface area contributed by atoms with Crippen LogP contribution in [0.1, 0.15) is 0 Å². The molecule has 3 rings (SSSR count). The maximum absolute atomic E-state index is 13.7.